The Bertz CT molecular complexity index is 658. The lowest BCUT2D eigenvalue weighted by molar-refractivity contribution is 0.102. The van der Waals surface area contributed by atoms with Crippen molar-refractivity contribution in [3.8, 4) is 5.75 Å². The van der Waals surface area contributed by atoms with Crippen molar-refractivity contribution in [2.24, 2.45) is 0 Å². The van der Waals surface area contributed by atoms with Gasteiger partial charge < -0.3 is 10.1 Å². The summed E-state index contributed by atoms with van der Waals surface area (Å²) in [7, 11) is 0. The summed E-state index contributed by atoms with van der Waals surface area (Å²) in [5.41, 5.74) is 1.09. The molecule has 0 fully saturated rings. The first-order valence-electron chi connectivity index (χ1n) is 6.49. The van der Waals surface area contributed by atoms with Crippen LogP contribution in [0.25, 0.3) is 0 Å². The first-order valence-corrected chi connectivity index (χ1v) is 7.66. The van der Waals surface area contributed by atoms with E-state index in [1.54, 1.807) is 30.3 Å². The fourth-order valence-corrected chi connectivity index (χ4v) is 2.49. The number of nitrogens with one attached hydrogen (secondary N) is 1. The molecule has 0 heterocycles. The van der Waals surface area contributed by atoms with Crippen molar-refractivity contribution in [2.75, 3.05) is 5.32 Å². The third-order valence-electron chi connectivity index (χ3n) is 2.65. The Morgan fingerprint density at radius 1 is 1.24 bits per heavy atom. The average Bonchev–Trinajstić information content (AvgIpc) is 2.41. The summed E-state index contributed by atoms with van der Waals surface area (Å²) in [4.78, 5) is 12.3. The third-order valence-corrected chi connectivity index (χ3v) is 3.45. The summed E-state index contributed by atoms with van der Waals surface area (Å²) in [6, 6.07) is 12.4. The van der Waals surface area contributed by atoms with Gasteiger partial charge in [-0.05, 0) is 50.2 Å². The van der Waals surface area contributed by atoms with Crippen LogP contribution in [0, 0.1) is 0 Å². The van der Waals surface area contributed by atoms with E-state index in [9.17, 15) is 4.79 Å². The molecule has 0 aliphatic heterocycles. The highest BCUT2D eigenvalue weighted by Gasteiger charge is 2.10. The molecule has 0 saturated carbocycles. The van der Waals surface area contributed by atoms with Crippen LogP contribution in [0.4, 0.5) is 5.69 Å². The Labute approximate surface area is 137 Å². The van der Waals surface area contributed by atoms with Gasteiger partial charge in [-0.1, -0.05) is 33.6 Å². The highest BCUT2D eigenvalue weighted by atomic mass is 79.9. The smallest absolute Gasteiger partial charge is 0.255 e. The van der Waals surface area contributed by atoms with Crippen LogP contribution in [0.5, 0.6) is 5.75 Å². The lowest BCUT2D eigenvalue weighted by Crippen LogP contribution is -2.13. The molecule has 0 saturated heterocycles. The molecule has 2 rings (SSSR count). The average molecular weight is 369 g/mol. The molecular formula is C16H15BrClNO2. The van der Waals surface area contributed by atoms with Gasteiger partial charge in [0.1, 0.15) is 5.75 Å². The lowest BCUT2D eigenvalue weighted by atomic mass is 10.2. The van der Waals surface area contributed by atoms with Crippen LogP contribution in [0.1, 0.15) is 24.2 Å². The molecule has 5 heteroatoms. The summed E-state index contributed by atoms with van der Waals surface area (Å²) in [6.07, 6.45) is 0.0595. The van der Waals surface area contributed by atoms with Gasteiger partial charge in [0.2, 0.25) is 0 Å². The molecule has 1 amide bonds. The molecule has 3 nitrogen and oxygen atoms in total. The zero-order chi connectivity index (χ0) is 15.4. The van der Waals surface area contributed by atoms with E-state index >= 15 is 0 Å². The number of ether oxygens (including phenoxy) is 1. The molecule has 0 aromatic heterocycles. The fourth-order valence-electron chi connectivity index (χ4n) is 1.77. The van der Waals surface area contributed by atoms with Gasteiger partial charge in [0, 0.05) is 10.0 Å². The maximum absolute atomic E-state index is 12.3. The van der Waals surface area contributed by atoms with E-state index in [0.717, 1.165) is 4.47 Å². The van der Waals surface area contributed by atoms with Gasteiger partial charge in [0.25, 0.3) is 5.91 Å². The van der Waals surface area contributed by atoms with E-state index < -0.39 is 0 Å². The number of hydrogen-bond acceptors (Lipinski definition) is 2. The number of carbonyl (C=O) groups excluding carboxylic acids is 1. The van der Waals surface area contributed by atoms with Crippen LogP contribution in [0.2, 0.25) is 5.02 Å². The van der Waals surface area contributed by atoms with Crippen LogP contribution in [-0.4, -0.2) is 12.0 Å². The topological polar surface area (TPSA) is 38.3 Å². The Kier molecular flexibility index (Phi) is 5.26. The molecule has 1 N–H and O–H groups in total. The molecule has 0 aliphatic rings. The van der Waals surface area contributed by atoms with Gasteiger partial charge >= 0.3 is 0 Å². The maximum atomic E-state index is 12.3. The molecule has 0 bridgehead atoms. The summed E-state index contributed by atoms with van der Waals surface area (Å²) < 4.78 is 6.44. The number of benzene rings is 2. The van der Waals surface area contributed by atoms with Crippen molar-refractivity contribution in [2.45, 2.75) is 20.0 Å². The molecule has 0 atom stereocenters. The Balaban J connectivity index is 2.16. The maximum Gasteiger partial charge on any atom is 0.255 e. The van der Waals surface area contributed by atoms with Crippen LogP contribution < -0.4 is 10.1 Å². The normalized spacial score (nSPS) is 10.5. The summed E-state index contributed by atoms with van der Waals surface area (Å²) >= 11 is 9.42. The third kappa shape index (κ3) is 4.48. The second-order valence-corrected chi connectivity index (χ2v) is 6.10. The quantitative estimate of drug-likeness (QED) is 0.811. The number of amides is 1. The molecule has 21 heavy (non-hydrogen) atoms. The van der Waals surface area contributed by atoms with Crippen molar-refractivity contribution in [1.82, 2.24) is 0 Å². The molecular weight excluding hydrogens is 354 g/mol. The summed E-state index contributed by atoms with van der Waals surface area (Å²) in [6.45, 7) is 3.88. The minimum absolute atomic E-state index is 0.0595. The van der Waals surface area contributed by atoms with E-state index in [4.69, 9.17) is 16.3 Å². The Morgan fingerprint density at radius 3 is 2.67 bits per heavy atom. The second kappa shape index (κ2) is 6.96. The van der Waals surface area contributed by atoms with E-state index in [-0.39, 0.29) is 12.0 Å². The zero-order valence-electron chi connectivity index (χ0n) is 11.7. The van der Waals surface area contributed by atoms with Crippen LogP contribution in [-0.2, 0) is 0 Å². The Hall–Kier alpha value is -1.52. The fraction of sp³-hybridized carbons (Fsp3) is 0.188. The van der Waals surface area contributed by atoms with Gasteiger partial charge in [-0.15, -0.1) is 0 Å². The molecule has 0 unspecified atom stereocenters. The summed E-state index contributed by atoms with van der Waals surface area (Å²) in [5, 5.41) is 3.27. The zero-order valence-corrected chi connectivity index (χ0v) is 14.0. The number of hydrogen-bond donors (Lipinski definition) is 1. The SMILES string of the molecule is CC(C)Oc1cccc(C(=O)Nc2ccc(Br)cc2Cl)c1. The van der Waals surface area contributed by atoms with Crippen molar-refractivity contribution < 1.29 is 9.53 Å². The Morgan fingerprint density at radius 2 is 2.00 bits per heavy atom. The molecule has 110 valence electrons. The van der Waals surface area contributed by atoms with Gasteiger partial charge in [-0.2, -0.15) is 0 Å². The van der Waals surface area contributed by atoms with Crippen LogP contribution in [0.3, 0.4) is 0 Å². The van der Waals surface area contributed by atoms with E-state index in [1.807, 2.05) is 26.0 Å². The second-order valence-electron chi connectivity index (χ2n) is 4.77. The van der Waals surface area contributed by atoms with E-state index in [0.29, 0.717) is 22.0 Å². The van der Waals surface area contributed by atoms with E-state index in [1.165, 1.54) is 0 Å². The predicted molar refractivity (Wildman–Crippen MR) is 89.3 cm³/mol. The van der Waals surface area contributed by atoms with Crippen molar-refractivity contribution >= 4 is 39.1 Å². The largest absolute Gasteiger partial charge is 0.491 e. The van der Waals surface area contributed by atoms with Gasteiger partial charge in [0.05, 0.1) is 16.8 Å². The predicted octanol–water partition coefficient (Wildman–Crippen LogP) is 5.14. The first-order chi connectivity index (χ1) is 9.95. The van der Waals surface area contributed by atoms with Gasteiger partial charge in [-0.25, -0.2) is 0 Å². The van der Waals surface area contributed by atoms with Gasteiger partial charge in [-0.3, -0.25) is 4.79 Å². The van der Waals surface area contributed by atoms with Crippen molar-refractivity contribution in [1.29, 1.82) is 0 Å². The van der Waals surface area contributed by atoms with Crippen molar-refractivity contribution in [3.63, 3.8) is 0 Å². The monoisotopic (exact) mass is 367 g/mol. The lowest BCUT2D eigenvalue weighted by Gasteiger charge is -2.11. The van der Waals surface area contributed by atoms with Crippen LogP contribution in [0.15, 0.2) is 46.9 Å². The molecule has 0 spiro atoms. The van der Waals surface area contributed by atoms with Crippen molar-refractivity contribution in [3.05, 3.63) is 57.5 Å². The standard InChI is InChI=1S/C16H15BrClNO2/c1-10(2)21-13-5-3-4-11(8-13)16(20)19-15-7-6-12(17)9-14(15)18/h3-10H,1-2H3,(H,19,20). The molecule has 2 aromatic rings. The number of anilines is 1. The van der Waals surface area contributed by atoms with Gasteiger partial charge in [0.15, 0.2) is 0 Å². The van der Waals surface area contributed by atoms with Crippen LogP contribution >= 0.6 is 27.5 Å². The first kappa shape index (κ1) is 15.9. The highest BCUT2D eigenvalue weighted by molar-refractivity contribution is 9.10. The highest BCUT2D eigenvalue weighted by Crippen LogP contribution is 2.26. The van der Waals surface area contributed by atoms with E-state index in [2.05, 4.69) is 21.2 Å². The summed E-state index contributed by atoms with van der Waals surface area (Å²) in [5.74, 6) is 0.438. The minimum atomic E-state index is -0.228. The molecule has 0 aliphatic carbocycles. The molecule has 0 radical (unpaired) electrons. The number of carbonyl (C=O) groups is 1. The number of rotatable bonds is 4. The minimum Gasteiger partial charge on any atom is -0.491 e. The molecule has 2 aromatic carbocycles. The number of halogens is 2.